The van der Waals surface area contributed by atoms with E-state index in [0.29, 0.717) is 11.3 Å². The van der Waals surface area contributed by atoms with E-state index >= 15 is 0 Å². The SMILES string of the molecule is CC(C)(C)OC(=O)NCc1c(C(=O)OC(C)(C)C)ccn1SI.CCOCc1ccccc1. The fourth-order valence-electron chi connectivity index (χ4n) is 2.47. The third kappa shape index (κ3) is 12.4. The number of esters is 1. The predicted octanol–water partition coefficient (Wildman–Crippen LogP) is 6.54. The Morgan fingerprint density at radius 1 is 1.00 bits per heavy atom. The molecule has 1 aromatic carbocycles. The Bertz CT molecular complexity index is 873. The number of ether oxygens (including phenoxy) is 3. The van der Waals surface area contributed by atoms with Gasteiger partial charge in [-0.2, -0.15) is 0 Å². The third-order valence-corrected chi connectivity index (χ3v) is 5.53. The van der Waals surface area contributed by atoms with Crippen LogP contribution in [-0.2, 0) is 27.4 Å². The van der Waals surface area contributed by atoms with E-state index in [2.05, 4.69) is 38.7 Å². The molecule has 0 saturated carbocycles. The molecule has 2 rings (SSSR count). The van der Waals surface area contributed by atoms with Crippen molar-refractivity contribution in [2.75, 3.05) is 6.61 Å². The molecule has 2 aromatic rings. The van der Waals surface area contributed by atoms with Crippen molar-refractivity contribution in [3.8, 4) is 0 Å². The lowest BCUT2D eigenvalue weighted by Gasteiger charge is -2.21. The first-order valence-corrected chi connectivity index (χ1v) is 14.0. The molecule has 184 valence electrons. The van der Waals surface area contributed by atoms with Crippen molar-refractivity contribution in [3.63, 3.8) is 0 Å². The summed E-state index contributed by atoms with van der Waals surface area (Å²) < 4.78 is 17.6. The molecular weight excluding hydrogens is 555 g/mol. The van der Waals surface area contributed by atoms with Gasteiger partial charge in [-0.15, -0.1) is 0 Å². The minimum absolute atomic E-state index is 0.173. The zero-order valence-corrected chi connectivity index (χ0v) is 23.4. The Labute approximate surface area is 213 Å². The largest absolute Gasteiger partial charge is 0.456 e. The first-order chi connectivity index (χ1) is 15.4. The molecule has 9 heteroatoms. The van der Waals surface area contributed by atoms with Gasteiger partial charge in [-0.25, -0.2) is 9.59 Å². The summed E-state index contributed by atoms with van der Waals surface area (Å²) in [5.74, 6) is -0.414. The van der Waals surface area contributed by atoms with Gasteiger partial charge in [0.05, 0.1) is 24.4 Å². The second-order valence-electron chi connectivity index (χ2n) is 9.05. The van der Waals surface area contributed by atoms with E-state index in [-0.39, 0.29) is 6.54 Å². The van der Waals surface area contributed by atoms with Crippen LogP contribution in [-0.4, -0.2) is 33.8 Å². The first-order valence-electron chi connectivity index (χ1n) is 10.7. The van der Waals surface area contributed by atoms with E-state index in [1.54, 1.807) is 37.0 Å². The van der Waals surface area contributed by atoms with Crippen LogP contribution in [0.1, 0.15) is 70.1 Å². The minimum Gasteiger partial charge on any atom is -0.456 e. The van der Waals surface area contributed by atoms with E-state index in [1.807, 2.05) is 45.9 Å². The number of nitrogens with one attached hydrogen (secondary N) is 1. The normalized spacial score (nSPS) is 11.3. The molecular formula is C24H35IN2O5S. The number of carbonyl (C=O) groups excluding carboxylic acids is 2. The van der Waals surface area contributed by atoms with Crippen molar-refractivity contribution in [1.82, 2.24) is 9.29 Å². The number of nitrogens with zero attached hydrogens (tertiary/aromatic N) is 1. The lowest BCUT2D eigenvalue weighted by Crippen LogP contribution is -2.33. The topological polar surface area (TPSA) is 78.8 Å². The summed E-state index contributed by atoms with van der Waals surface area (Å²) >= 11 is 2.11. The summed E-state index contributed by atoms with van der Waals surface area (Å²) in [5, 5.41) is 2.67. The van der Waals surface area contributed by atoms with Crippen LogP contribution in [0.2, 0.25) is 0 Å². The molecule has 1 aromatic heterocycles. The van der Waals surface area contributed by atoms with E-state index in [4.69, 9.17) is 14.2 Å². The molecule has 1 amide bonds. The summed E-state index contributed by atoms with van der Waals surface area (Å²) in [4.78, 5) is 24.1. The maximum Gasteiger partial charge on any atom is 0.407 e. The van der Waals surface area contributed by atoms with Crippen LogP contribution >= 0.6 is 30.3 Å². The van der Waals surface area contributed by atoms with Gasteiger partial charge in [0.2, 0.25) is 0 Å². The maximum atomic E-state index is 12.3. The number of hydrogen-bond donors (Lipinski definition) is 1. The number of amides is 1. The van der Waals surface area contributed by atoms with Crippen molar-refractivity contribution in [2.45, 2.75) is 72.8 Å². The first kappa shape index (κ1) is 29.3. The zero-order valence-electron chi connectivity index (χ0n) is 20.4. The highest BCUT2D eigenvalue weighted by Crippen LogP contribution is 2.24. The predicted molar refractivity (Wildman–Crippen MR) is 141 cm³/mol. The molecule has 7 nitrogen and oxygen atoms in total. The summed E-state index contributed by atoms with van der Waals surface area (Å²) in [6, 6.07) is 11.9. The monoisotopic (exact) mass is 590 g/mol. The molecule has 1 N–H and O–H groups in total. The third-order valence-electron chi connectivity index (χ3n) is 3.76. The molecule has 1 heterocycles. The van der Waals surface area contributed by atoms with Gasteiger partial charge in [-0.3, -0.25) is 3.97 Å². The van der Waals surface area contributed by atoms with E-state index in [1.165, 1.54) is 14.7 Å². The van der Waals surface area contributed by atoms with E-state index in [9.17, 15) is 9.59 Å². The van der Waals surface area contributed by atoms with Crippen molar-refractivity contribution in [3.05, 3.63) is 59.4 Å². The minimum atomic E-state index is -0.577. The zero-order chi connectivity index (χ0) is 25.1. The molecule has 0 radical (unpaired) electrons. The van der Waals surface area contributed by atoms with Crippen LogP contribution in [0.15, 0.2) is 42.6 Å². The average molecular weight is 591 g/mol. The second-order valence-corrected chi connectivity index (χ2v) is 10.8. The van der Waals surface area contributed by atoms with Crippen LogP contribution in [0.5, 0.6) is 0 Å². The second kappa shape index (κ2) is 13.9. The Morgan fingerprint density at radius 2 is 1.61 bits per heavy atom. The van der Waals surface area contributed by atoms with Crippen molar-refractivity contribution in [1.29, 1.82) is 0 Å². The summed E-state index contributed by atoms with van der Waals surface area (Å²) in [6.45, 7) is 14.5. The van der Waals surface area contributed by atoms with Gasteiger partial charge in [0.15, 0.2) is 0 Å². The van der Waals surface area contributed by atoms with Gasteiger partial charge < -0.3 is 19.5 Å². The Kier molecular flexibility index (Phi) is 12.3. The Balaban J connectivity index is 0.000000451. The van der Waals surface area contributed by atoms with Gasteiger partial charge in [0.25, 0.3) is 0 Å². The number of hydrogen-bond acceptors (Lipinski definition) is 6. The number of alkyl carbamates (subject to hydrolysis) is 1. The molecule has 0 atom stereocenters. The molecule has 0 aliphatic rings. The average Bonchev–Trinajstić information content (AvgIpc) is 3.12. The van der Waals surface area contributed by atoms with E-state index < -0.39 is 23.3 Å². The van der Waals surface area contributed by atoms with Crippen LogP contribution in [0, 0.1) is 0 Å². The van der Waals surface area contributed by atoms with Crippen LogP contribution < -0.4 is 5.32 Å². The smallest absolute Gasteiger partial charge is 0.407 e. The van der Waals surface area contributed by atoms with E-state index in [0.717, 1.165) is 13.2 Å². The number of benzene rings is 1. The standard InChI is InChI=1S/C15H23IN2O4S.C9H12O/c1-14(2,3)21-12(19)10-7-8-18(23-16)11(10)9-17-13(20)22-15(4,5)6;1-2-10-8-9-6-4-3-5-7-9/h7-8H,9H2,1-6H3,(H,17,20);3-7H,2,8H2,1H3. The quantitative estimate of drug-likeness (QED) is 0.292. The molecule has 0 saturated heterocycles. The van der Waals surface area contributed by atoms with Gasteiger partial charge in [-0.1, -0.05) is 30.3 Å². The highest BCUT2D eigenvalue weighted by atomic mass is 127. The van der Waals surface area contributed by atoms with Crippen molar-refractivity contribution < 1.29 is 23.8 Å². The lowest BCUT2D eigenvalue weighted by molar-refractivity contribution is 0.00672. The van der Waals surface area contributed by atoms with Gasteiger partial charge in [0, 0.05) is 43.1 Å². The Morgan fingerprint density at radius 3 is 2.12 bits per heavy atom. The highest BCUT2D eigenvalue weighted by molar-refractivity contribution is 14.2. The van der Waals surface area contributed by atoms with Crippen molar-refractivity contribution in [2.24, 2.45) is 0 Å². The number of halogens is 1. The van der Waals surface area contributed by atoms with Crippen LogP contribution in [0.25, 0.3) is 0 Å². The van der Waals surface area contributed by atoms with Gasteiger partial charge >= 0.3 is 12.1 Å². The highest BCUT2D eigenvalue weighted by Gasteiger charge is 2.24. The van der Waals surface area contributed by atoms with Gasteiger partial charge in [0.1, 0.15) is 11.2 Å². The number of carbonyl (C=O) groups is 2. The fourth-order valence-corrected chi connectivity index (χ4v) is 3.93. The molecule has 0 fully saturated rings. The molecule has 0 bridgehead atoms. The fraction of sp³-hybridized carbons (Fsp3) is 0.500. The summed E-state index contributed by atoms with van der Waals surface area (Å²) in [5.41, 5.74) is 1.18. The molecule has 0 aliphatic carbocycles. The summed E-state index contributed by atoms with van der Waals surface area (Å²) in [6.07, 6.45) is 1.24. The summed E-state index contributed by atoms with van der Waals surface area (Å²) in [7, 11) is 1.40. The number of rotatable bonds is 7. The maximum absolute atomic E-state index is 12.3. The Hall–Kier alpha value is -1.72. The van der Waals surface area contributed by atoms with Crippen LogP contribution in [0.3, 0.4) is 0 Å². The molecule has 0 unspecified atom stereocenters. The molecule has 0 aliphatic heterocycles. The molecule has 0 spiro atoms. The van der Waals surface area contributed by atoms with Crippen molar-refractivity contribution >= 4 is 42.4 Å². The van der Waals surface area contributed by atoms with Gasteiger partial charge in [-0.05, 0) is 60.1 Å². The lowest BCUT2D eigenvalue weighted by atomic mass is 10.2. The van der Waals surface area contributed by atoms with Crippen LogP contribution in [0.4, 0.5) is 4.79 Å². The number of aromatic nitrogens is 1. The molecule has 33 heavy (non-hydrogen) atoms.